The van der Waals surface area contributed by atoms with Crippen molar-refractivity contribution in [3.05, 3.63) is 35.9 Å². The van der Waals surface area contributed by atoms with Crippen LogP contribution in [0.25, 0.3) is 10.8 Å². The number of nitrogen functional groups attached to an aromatic ring is 2. The minimum absolute atomic E-state index is 0.753. The Morgan fingerprint density at radius 3 is 2.54 bits per heavy atom. The summed E-state index contributed by atoms with van der Waals surface area (Å²) in [6.45, 7) is 2.03. The van der Waals surface area contributed by atoms with Gasteiger partial charge in [-0.3, -0.25) is 0 Å². The number of rotatable bonds is 0. The van der Waals surface area contributed by atoms with Crippen LogP contribution in [0.2, 0.25) is 0 Å². The molecular weight excluding hydrogens is 160 g/mol. The third-order valence-electron chi connectivity index (χ3n) is 2.15. The summed E-state index contributed by atoms with van der Waals surface area (Å²) in [7, 11) is 0. The number of aryl methyl sites for hydroxylation is 1. The maximum absolute atomic E-state index is 5.87. The highest BCUT2D eigenvalue weighted by atomic mass is 14.6. The molecule has 66 valence electrons. The summed E-state index contributed by atoms with van der Waals surface area (Å²) in [5, 5.41) is 2.18. The van der Waals surface area contributed by atoms with Gasteiger partial charge in [-0.25, -0.2) is 0 Å². The molecule has 0 aliphatic carbocycles. The highest BCUT2D eigenvalue weighted by Gasteiger charge is 1.99. The number of benzene rings is 2. The predicted molar refractivity (Wildman–Crippen MR) is 57.5 cm³/mol. The van der Waals surface area contributed by atoms with Crippen LogP contribution in [0.15, 0.2) is 30.3 Å². The first-order valence-electron chi connectivity index (χ1n) is 4.22. The quantitative estimate of drug-likeness (QED) is 0.599. The van der Waals surface area contributed by atoms with Crippen LogP contribution in [-0.4, -0.2) is 0 Å². The molecule has 2 aromatic carbocycles. The number of anilines is 2. The third kappa shape index (κ3) is 1.31. The molecule has 0 unspecified atom stereocenters. The van der Waals surface area contributed by atoms with Crippen LogP contribution in [0.5, 0.6) is 0 Å². The molecule has 0 aromatic heterocycles. The monoisotopic (exact) mass is 172 g/mol. The van der Waals surface area contributed by atoms with Gasteiger partial charge in [0.1, 0.15) is 0 Å². The SMILES string of the molecule is Cc1cc(N)c2cc(N)ccc2c1. The van der Waals surface area contributed by atoms with Crippen molar-refractivity contribution in [2.75, 3.05) is 11.5 Å². The van der Waals surface area contributed by atoms with E-state index in [-0.39, 0.29) is 0 Å². The van der Waals surface area contributed by atoms with E-state index in [1.54, 1.807) is 0 Å². The lowest BCUT2D eigenvalue weighted by Gasteiger charge is -2.04. The number of hydrogen-bond acceptors (Lipinski definition) is 2. The first-order valence-corrected chi connectivity index (χ1v) is 4.22. The smallest absolute Gasteiger partial charge is 0.0397 e. The molecule has 13 heavy (non-hydrogen) atoms. The van der Waals surface area contributed by atoms with Crippen LogP contribution in [0.1, 0.15) is 5.56 Å². The second kappa shape index (κ2) is 2.66. The zero-order valence-corrected chi connectivity index (χ0v) is 7.54. The van der Waals surface area contributed by atoms with Gasteiger partial charge in [0.05, 0.1) is 0 Å². The van der Waals surface area contributed by atoms with Gasteiger partial charge in [-0.1, -0.05) is 12.1 Å². The van der Waals surface area contributed by atoms with Gasteiger partial charge in [0.15, 0.2) is 0 Å². The number of hydrogen-bond donors (Lipinski definition) is 2. The van der Waals surface area contributed by atoms with Crippen molar-refractivity contribution < 1.29 is 0 Å². The molecule has 0 amide bonds. The topological polar surface area (TPSA) is 52.0 Å². The van der Waals surface area contributed by atoms with Gasteiger partial charge in [-0.2, -0.15) is 0 Å². The van der Waals surface area contributed by atoms with Crippen molar-refractivity contribution in [2.45, 2.75) is 6.92 Å². The van der Waals surface area contributed by atoms with Gasteiger partial charge in [-0.05, 0) is 36.1 Å². The maximum atomic E-state index is 5.87. The van der Waals surface area contributed by atoms with Crippen LogP contribution < -0.4 is 11.5 Å². The summed E-state index contributed by atoms with van der Waals surface area (Å²) in [4.78, 5) is 0. The standard InChI is InChI=1S/C11H12N2/c1-7-4-8-2-3-9(12)6-10(8)11(13)5-7/h2-6H,12-13H2,1H3. The van der Waals surface area contributed by atoms with E-state index in [1.165, 1.54) is 5.56 Å². The Labute approximate surface area is 77.2 Å². The lowest BCUT2D eigenvalue weighted by atomic mass is 10.1. The molecule has 0 aliphatic heterocycles. The molecule has 0 bridgehead atoms. The summed E-state index contributed by atoms with van der Waals surface area (Å²) in [6, 6.07) is 9.85. The summed E-state index contributed by atoms with van der Waals surface area (Å²) < 4.78 is 0. The predicted octanol–water partition coefficient (Wildman–Crippen LogP) is 2.31. The van der Waals surface area contributed by atoms with Crippen LogP contribution in [-0.2, 0) is 0 Å². The minimum atomic E-state index is 0.753. The van der Waals surface area contributed by atoms with Crippen molar-refractivity contribution in [2.24, 2.45) is 0 Å². The molecular formula is C11H12N2. The molecule has 0 saturated heterocycles. The lowest BCUT2D eigenvalue weighted by Crippen LogP contribution is -1.90. The molecule has 0 atom stereocenters. The van der Waals surface area contributed by atoms with E-state index in [9.17, 15) is 0 Å². The van der Waals surface area contributed by atoms with Crippen molar-refractivity contribution in [3.63, 3.8) is 0 Å². The van der Waals surface area contributed by atoms with E-state index in [1.807, 2.05) is 31.2 Å². The molecule has 4 N–H and O–H groups in total. The van der Waals surface area contributed by atoms with E-state index >= 15 is 0 Å². The van der Waals surface area contributed by atoms with Crippen molar-refractivity contribution in [1.82, 2.24) is 0 Å². The molecule has 0 radical (unpaired) electrons. The fourth-order valence-corrected chi connectivity index (χ4v) is 1.56. The van der Waals surface area contributed by atoms with Crippen molar-refractivity contribution in [3.8, 4) is 0 Å². The largest absolute Gasteiger partial charge is 0.399 e. The Morgan fingerprint density at radius 1 is 1.00 bits per heavy atom. The van der Waals surface area contributed by atoms with Crippen LogP contribution in [0.3, 0.4) is 0 Å². The highest BCUT2D eigenvalue weighted by molar-refractivity contribution is 5.95. The summed E-state index contributed by atoms with van der Waals surface area (Å²) >= 11 is 0. The maximum Gasteiger partial charge on any atom is 0.0397 e. The first-order chi connectivity index (χ1) is 6.16. The van der Waals surface area contributed by atoms with E-state index in [0.717, 1.165) is 22.1 Å². The average Bonchev–Trinajstić information content (AvgIpc) is 2.06. The Morgan fingerprint density at radius 2 is 1.77 bits per heavy atom. The summed E-state index contributed by atoms with van der Waals surface area (Å²) in [6.07, 6.45) is 0. The average molecular weight is 172 g/mol. The number of fused-ring (bicyclic) bond motifs is 1. The Hall–Kier alpha value is -1.70. The summed E-state index contributed by atoms with van der Waals surface area (Å²) in [5.74, 6) is 0. The molecule has 0 saturated carbocycles. The summed E-state index contributed by atoms with van der Waals surface area (Å²) in [5.41, 5.74) is 14.3. The molecule has 2 rings (SSSR count). The van der Waals surface area contributed by atoms with Gasteiger partial charge in [0.2, 0.25) is 0 Å². The normalized spacial score (nSPS) is 10.5. The van der Waals surface area contributed by atoms with E-state index in [0.29, 0.717) is 0 Å². The second-order valence-corrected chi connectivity index (χ2v) is 3.33. The molecule has 0 heterocycles. The Bertz CT molecular complexity index is 461. The second-order valence-electron chi connectivity index (χ2n) is 3.33. The van der Waals surface area contributed by atoms with Crippen molar-refractivity contribution >= 4 is 22.1 Å². The van der Waals surface area contributed by atoms with E-state index in [2.05, 4.69) is 6.07 Å². The first kappa shape index (κ1) is 7.92. The van der Waals surface area contributed by atoms with Gasteiger partial charge < -0.3 is 11.5 Å². The molecule has 2 aromatic rings. The van der Waals surface area contributed by atoms with Crippen LogP contribution in [0.4, 0.5) is 11.4 Å². The third-order valence-corrected chi connectivity index (χ3v) is 2.15. The van der Waals surface area contributed by atoms with Gasteiger partial charge in [0, 0.05) is 16.8 Å². The fourth-order valence-electron chi connectivity index (χ4n) is 1.56. The van der Waals surface area contributed by atoms with Gasteiger partial charge in [-0.15, -0.1) is 0 Å². The fraction of sp³-hybridized carbons (Fsp3) is 0.0909. The molecule has 2 nitrogen and oxygen atoms in total. The zero-order chi connectivity index (χ0) is 9.42. The Kier molecular flexibility index (Phi) is 1.62. The van der Waals surface area contributed by atoms with Crippen molar-refractivity contribution in [1.29, 1.82) is 0 Å². The molecule has 2 heteroatoms. The van der Waals surface area contributed by atoms with Crippen LogP contribution in [0, 0.1) is 6.92 Å². The van der Waals surface area contributed by atoms with Gasteiger partial charge >= 0.3 is 0 Å². The van der Waals surface area contributed by atoms with E-state index in [4.69, 9.17) is 11.5 Å². The van der Waals surface area contributed by atoms with E-state index < -0.39 is 0 Å². The lowest BCUT2D eigenvalue weighted by molar-refractivity contribution is 1.50. The van der Waals surface area contributed by atoms with Gasteiger partial charge in [0.25, 0.3) is 0 Å². The molecule has 0 fully saturated rings. The Balaban J connectivity index is 2.87. The number of nitrogens with two attached hydrogens (primary N) is 2. The molecule has 0 spiro atoms. The zero-order valence-electron chi connectivity index (χ0n) is 7.54. The van der Waals surface area contributed by atoms with Crippen LogP contribution >= 0.6 is 0 Å². The molecule has 0 aliphatic rings. The minimum Gasteiger partial charge on any atom is -0.399 e. The highest BCUT2D eigenvalue weighted by Crippen LogP contribution is 2.24.